The molecule has 0 spiro atoms. The average Bonchev–Trinajstić information content (AvgIpc) is 2.79. The summed E-state index contributed by atoms with van der Waals surface area (Å²) in [4.78, 5) is 47.7. The largest absolute Gasteiger partial charge is 0.497 e. The molecule has 0 heterocycles. The number of carboxylic acid groups (broad SMARTS) is 1. The molecule has 2 unspecified atom stereocenters. The second-order valence-electron chi connectivity index (χ2n) is 8.94. The molecule has 2 aromatic carbocycles. The van der Waals surface area contributed by atoms with E-state index in [4.69, 9.17) is 14.2 Å². The molecule has 0 saturated heterocycles. The highest BCUT2D eigenvalue weighted by Gasteiger charge is 2.28. The Bertz CT molecular complexity index is 1060. The average molecular weight is 474 g/mol. The highest BCUT2D eigenvalue weighted by atomic mass is 16.7. The molecule has 0 fully saturated rings. The van der Waals surface area contributed by atoms with Crippen molar-refractivity contribution in [3.8, 4) is 5.75 Å². The van der Waals surface area contributed by atoms with Gasteiger partial charge in [-0.2, -0.15) is 0 Å². The van der Waals surface area contributed by atoms with Gasteiger partial charge in [-0.3, -0.25) is 14.4 Å². The van der Waals surface area contributed by atoms with Gasteiger partial charge in [0.1, 0.15) is 11.8 Å². The minimum Gasteiger partial charge on any atom is -0.497 e. The topological polar surface area (TPSA) is 128 Å². The lowest BCUT2D eigenvalue weighted by atomic mass is 9.95. The van der Waals surface area contributed by atoms with E-state index in [0.717, 1.165) is 22.1 Å². The Kier molecular flexibility index (Phi) is 9.00. The van der Waals surface area contributed by atoms with Crippen LogP contribution in [0.15, 0.2) is 36.4 Å². The Labute approximate surface area is 198 Å². The van der Waals surface area contributed by atoms with Crippen LogP contribution in [0.4, 0.5) is 0 Å². The molecule has 34 heavy (non-hydrogen) atoms. The lowest BCUT2D eigenvalue weighted by Gasteiger charge is -2.21. The molecule has 2 atom stereocenters. The van der Waals surface area contributed by atoms with Crippen molar-refractivity contribution in [2.24, 2.45) is 5.41 Å². The number of esters is 2. The normalized spacial score (nSPS) is 13.0. The molecule has 0 saturated carbocycles. The summed E-state index contributed by atoms with van der Waals surface area (Å²) < 4.78 is 15.2. The van der Waals surface area contributed by atoms with Gasteiger partial charge in [-0.1, -0.05) is 45.0 Å². The first-order chi connectivity index (χ1) is 15.9. The monoisotopic (exact) mass is 473 g/mol. The maximum Gasteiger partial charge on any atom is 0.326 e. The fraction of sp³-hybridized carbons (Fsp3) is 0.440. The van der Waals surface area contributed by atoms with Crippen molar-refractivity contribution in [2.45, 2.75) is 52.5 Å². The van der Waals surface area contributed by atoms with Gasteiger partial charge in [-0.25, -0.2) is 4.79 Å². The molecule has 184 valence electrons. The van der Waals surface area contributed by atoms with E-state index in [1.54, 1.807) is 34.8 Å². The van der Waals surface area contributed by atoms with Gasteiger partial charge in [0.25, 0.3) is 0 Å². The Hall–Kier alpha value is -3.62. The van der Waals surface area contributed by atoms with Crippen molar-refractivity contribution in [1.29, 1.82) is 0 Å². The highest BCUT2D eigenvalue weighted by Crippen LogP contribution is 2.25. The Morgan fingerprint density at radius 3 is 2.26 bits per heavy atom. The molecule has 9 nitrogen and oxygen atoms in total. The van der Waals surface area contributed by atoms with Crippen LogP contribution in [0.3, 0.4) is 0 Å². The number of hydrogen-bond acceptors (Lipinski definition) is 7. The summed E-state index contributed by atoms with van der Waals surface area (Å²) in [6.07, 6.45) is -0.412. The first kappa shape index (κ1) is 26.6. The summed E-state index contributed by atoms with van der Waals surface area (Å²) in [5.74, 6) is -2.85. The number of carbonyl (C=O) groups excluding carboxylic acids is 3. The molecule has 0 aliphatic heterocycles. The number of methoxy groups -OCH3 is 1. The van der Waals surface area contributed by atoms with Crippen LogP contribution in [0.25, 0.3) is 10.8 Å². The van der Waals surface area contributed by atoms with Crippen molar-refractivity contribution >= 4 is 34.6 Å². The van der Waals surface area contributed by atoms with E-state index >= 15 is 0 Å². The number of fused-ring (bicyclic) bond motifs is 1. The summed E-state index contributed by atoms with van der Waals surface area (Å²) in [7, 11) is 1.59. The number of aliphatic carboxylic acids is 1. The molecule has 2 rings (SSSR count). The Balaban J connectivity index is 1.83. The summed E-state index contributed by atoms with van der Waals surface area (Å²) in [6.45, 7) is 6.06. The lowest BCUT2D eigenvalue weighted by molar-refractivity contribution is -0.168. The number of nitrogens with one attached hydrogen (secondary N) is 1. The second kappa shape index (κ2) is 11.5. The van der Waals surface area contributed by atoms with E-state index in [0.29, 0.717) is 0 Å². The summed E-state index contributed by atoms with van der Waals surface area (Å²) in [5.41, 5.74) is -0.0234. The van der Waals surface area contributed by atoms with Crippen molar-refractivity contribution in [3.05, 3.63) is 42.0 Å². The summed E-state index contributed by atoms with van der Waals surface area (Å²) in [6, 6.07) is 9.97. The molecule has 0 aliphatic rings. The van der Waals surface area contributed by atoms with E-state index in [1.165, 1.54) is 0 Å². The van der Waals surface area contributed by atoms with Crippen molar-refractivity contribution < 1.29 is 38.5 Å². The van der Waals surface area contributed by atoms with Gasteiger partial charge >= 0.3 is 17.9 Å². The van der Waals surface area contributed by atoms with Crippen LogP contribution in [0, 0.1) is 5.41 Å². The first-order valence-electron chi connectivity index (χ1n) is 10.9. The highest BCUT2D eigenvalue weighted by molar-refractivity contribution is 5.87. The third-order valence-electron chi connectivity index (χ3n) is 5.27. The van der Waals surface area contributed by atoms with Crippen molar-refractivity contribution in [2.75, 3.05) is 13.9 Å². The van der Waals surface area contributed by atoms with Gasteiger partial charge in [0.05, 0.1) is 13.0 Å². The maximum absolute atomic E-state index is 12.4. The molecule has 0 bridgehead atoms. The van der Waals surface area contributed by atoms with E-state index in [-0.39, 0.29) is 12.8 Å². The van der Waals surface area contributed by atoms with Gasteiger partial charge in [-0.15, -0.1) is 0 Å². The van der Waals surface area contributed by atoms with Gasteiger partial charge in [-0.05, 0) is 41.8 Å². The van der Waals surface area contributed by atoms with Crippen LogP contribution >= 0.6 is 0 Å². The molecule has 0 aliphatic carbocycles. The van der Waals surface area contributed by atoms with Crippen LogP contribution in [-0.2, 0) is 28.7 Å². The number of carbonyl (C=O) groups is 4. The minimum absolute atomic E-state index is 0.151. The van der Waals surface area contributed by atoms with Gasteiger partial charge in [0.2, 0.25) is 12.7 Å². The maximum atomic E-state index is 12.4. The first-order valence-corrected chi connectivity index (χ1v) is 10.9. The van der Waals surface area contributed by atoms with Crippen LogP contribution in [-0.4, -0.2) is 48.9 Å². The van der Waals surface area contributed by atoms with Gasteiger partial charge < -0.3 is 24.6 Å². The number of ether oxygens (including phenoxy) is 3. The van der Waals surface area contributed by atoms with E-state index < -0.39 is 48.0 Å². The number of rotatable bonds is 10. The molecule has 0 radical (unpaired) electrons. The van der Waals surface area contributed by atoms with Crippen molar-refractivity contribution in [3.63, 3.8) is 0 Å². The zero-order valence-corrected chi connectivity index (χ0v) is 20.0. The molecule has 0 aromatic heterocycles. The predicted octanol–water partition coefficient (Wildman–Crippen LogP) is 3.39. The smallest absolute Gasteiger partial charge is 0.326 e. The van der Waals surface area contributed by atoms with E-state index in [1.807, 2.05) is 36.4 Å². The molecular weight excluding hydrogens is 442 g/mol. The van der Waals surface area contributed by atoms with Crippen LogP contribution in [0.5, 0.6) is 5.75 Å². The zero-order chi connectivity index (χ0) is 25.5. The SMILES string of the molecule is COc1ccc2cc(C(C)C(=O)OCOC(=O)CCC(NC(=O)C(C)(C)C)C(=O)O)ccc2c1. The number of hydrogen-bond donors (Lipinski definition) is 2. The Morgan fingerprint density at radius 2 is 1.65 bits per heavy atom. The second-order valence-corrected chi connectivity index (χ2v) is 8.94. The fourth-order valence-corrected chi connectivity index (χ4v) is 3.02. The van der Waals surface area contributed by atoms with E-state index in [9.17, 15) is 24.3 Å². The Morgan fingerprint density at radius 1 is 1.00 bits per heavy atom. The van der Waals surface area contributed by atoms with E-state index in [2.05, 4.69) is 5.32 Å². The number of carboxylic acids is 1. The number of amides is 1. The summed E-state index contributed by atoms with van der Waals surface area (Å²) >= 11 is 0. The zero-order valence-electron chi connectivity index (χ0n) is 20.0. The van der Waals surface area contributed by atoms with Crippen molar-refractivity contribution in [1.82, 2.24) is 5.32 Å². The molecule has 2 aromatic rings. The molecule has 9 heteroatoms. The third kappa shape index (κ3) is 7.47. The molecule has 1 amide bonds. The summed E-state index contributed by atoms with van der Waals surface area (Å²) in [5, 5.41) is 13.6. The molecule has 2 N–H and O–H groups in total. The molecular formula is C25H31NO8. The predicted molar refractivity (Wildman–Crippen MR) is 124 cm³/mol. The lowest BCUT2D eigenvalue weighted by Crippen LogP contribution is -2.45. The van der Waals surface area contributed by atoms with Gasteiger partial charge in [0, 0.05) is 11.8 Å². The quantitative estimate of drug-likeness (QED) is 0.397. The van der Waals surface area contributed by atoms with Crippen LogP contribution in [0.1, 0.15) is 52.0 Å². The minimum atomic E-state index is -1.25. The third-order valence-corrected chi connectivity index (χ3v) is 5.27. The standard InChI is InChI=1S/C25H31NO8/c1-15(16-6-7-18-13-19(32-5)9-8-17(18)12-16)23(30)34-14-33-21(27)11-10-20(22(28)29)26-24(31)25(2,3)4/h6-9,12-13,15,20H,10-11,14H2,1-5H3,(H,26,31)(H,28,29). The number of benzene rings is 2. The van der Waals surface area contributed by atoms with Gasteiger partial charge in [0.15, 0.2) is 0 Å². The van der Waals surface area contributed by atoms with Crippen LogP contribution < -0.4 is 10.1 Å². The van der Waals surface area contributed by atoms with Crippen LogP contribution in [0.2, 0.25) is 0 Å². The fourth-order valence-electron chi connectivity index (χ4n) is 3.02.